The van der Waals surface area contributed by atoms with Gasteiger partial charge in [0.1, 0.15) is 6.04 Å². The van der Waals surface area contributed by atoms with Crippen molar-refractivity contribution in [1.29, 1.82) is 0 Å². The molecule has 1 N–H and O–H groups in total. The monoisotopic (exact) mass is 380 g/mol. The second-order valence-electron chi connectivity index (χ2n) is 8.47. The molecule has 0 spiro atoms. The summed E-state index contributed by atoms with van der Waals surface area (Å²) in [6, 6.07) is 15.3. The van der Waals surface area contributed by atoms with E-state index in [9.17, 15) is 9.59 Å². The molecule has 4 nitrogen and oxygen atoms in total. The smallest absolute Gasteiger partial charge is 0.242 e. The molecule has 1 atom stereocenters. The van der Waals surface area contributed by atoms with E-state index in [0.717, 1.165) is 22.3 Å². The molecule has 2 aromatic carbocycles. The summed E-state index contributed by atoms with van der Waals surface area (Å²) in [5, 5.41) is 3.00. The van der Waals surface area contributed by atoms with Crippen molar-refractivity contribution in [2.45, 2.75) is 66.1 Å². The van der Waals surface area contributed by atoms with Gasteiger partial charge in [-0.25, -0.2) is 0 Å². The van der Waals surface area contributed by atoms with E-state index >= 15 is 0 Å². The fourth-order valence-electron chi connectivity index (χ4n) is 3.10. The lowest BCUT2D eigenvalue weighted by Crippen LogP contribution is -2.52. The molecule has 0 saturated heterocycles. The van der Waals surface area contributed by atoms with E-state index in [0.29, 0.717) is 6.54 Å². The van der Waals surface area contributed by atoms with Gasteiger partial charge < -0.3 is 10.2 Å². The number of hydrogen-bond donors (Lipinski definition) is 1. The van der Waals surface area contributed by atoms with E-state index in [-0.39, 0.29) is 23.8 Å². The zero-order valence-electron chi connectivity index (χ0n) is 17.9. The molecule has 0 saturated carbocycles. The third-order valence-corrected chi connectivity index (χ3v) is 4.87. The van der Waals surface area contributed by atoms with Crippen LogP contribution in [0.5, 0.6) is 0 Å². The third kappa shape index (κ3) is 5.95. The molecule has 0 bridgehead atoms. The predicted molar refractivity (Wildman–Crippen MR) is 114 cm³/mol. The van der Waals surface area contributed by atoms with E-state index in [1.165, 1.54) is 0 Å². The van der Waals surface area contributed by atoms with E-state index in [4.69, 9.17) is 0 Å². The Morgan fingerprint density at radius 1 is 0.929 bits per heavy atom. The lowest BCUT2D eigenvalue weighted by Gasteiger charge is -2.32. The molecule has 2 amide bonds. The van der Waals surface area contributed by atoms with Crippen molar-refractivity contribution >= 4 is 11.8 Å². The second-order valence-corrected chi connectivity index (χ2v) is 8.47. The van der Waals surface area contributed by atoms with Crippen LogP contribution in [0.1, 0.15) is 49.9 Å². The molecular weight excluding hydrogens is 348 g/mol. The third-order valence-electron chi connectivity index (χ3n) is 4.87. The van der Waals surface area contributed by atoms with Crippen LogP contribution in [0.15, 0.2) is 48.5 Å². The average molecular weight is 381 g/mol. The van der Waals surface area contributed by atoms with Gasteiger partial charge in [0, 0.05) is 12.1 Å². The van der Waals surface area contributed by atoms with Crippen LogP contribution in [0.25, 0.3) is 0 Å². The fourth-order valence-corrected chi connectivity index (χ4v) is 3.10. The number of nitrogens with zero attached hydrogens (tertiary/aromatic N) is 1. The summed E-state index contributed by atoms with van der Waals surface area (Å²) in [6.45, 7) is 12.1. The maximum atomic E-state index is 13.2. The summed E-state index contributed by atoms with van der Waals surface area (Å²) in [7, 11) is 0. The molecule has 0 aromatic heterocycles. The SMILES string of the molecule is Cc1ccccc1CC(=O)N(Cc1ccccc1C)[C@H](C)C(=O)NC(C)(C)C. The first-order chi connectivity index (χ1) is 13.1. The first kappa shape index (κ1) is 21.7. The summed E-state index contributed by atoms with van der Waals surface area (Å²) < 4.78 is 0. The van der Waals surface area contributed by atoms with Gasteiger partial charge >= 0.3 is 0 Å². The van der Waals surface area contributed by atoms with Gasteiger partial charge in [-0.05, 0) is 63.8 Å². The maximum Gasteiger partial charge on any atom is 0.242 e. The first-order valence-electron chi connectivity index (χ1n) is 9.79. The molecule has 4 heteroatoms. The summed E-state index contributed by atoms with van der Waals surface area (Å²) >= 11 is 0. The Labute approximate surface area is 169 Å². The molecule has 0 radical (unpaired) electrons. The molecule has 0 aliphatic carbocycles. The molecule has 2 rings (SSSR count). The van der Waals surface area contributed by atoms with Crippen LogP contribution < -0.4 is 5.32 Å². The molecule has 0 aliphatic heterocycles. The highest BCUT2D eigenvalue weighted by Gasteiger charge is 2.28. The number of nitrogens with one attached hydrogen (secondary N) is 1. The van der Waals surface area contributed by atoms with Crippen LogP contribution in [-0.2, 0) is 22.6 Å². The Hall–Kier alpha value is -2.62. The van der Waals surface area contributed by atoms with Gasteiger partial charge in [-0.2, -0.15) is 0 Å². The van der Waals surface area contributed by atoms with Crippen LogP contribution in [0, 0.1) is 13.8 Å². The lowest BCUT2D eigenvalue weighted by atomic mass is 10.0. The van der Waals surface area contributed by atoms with Gasteiger partial charge in [0.05, 0.1) is 6.42 Å². The quantitative estimate of drug-likeness (QED) is 0.817. The number of carbonyl (C=O) groups excluding carboxylic acids is 2. The van der Waals surface area contributed by atoms with Gasteiger partial charge in [-0.3, -0.25) is 9.59 Å². The van der Waals surface area contributed by atoms with Crippen molar-refractivity contribution in [3.8, 4) is 0 Å². The van der Waals surface area contributed by atoms with Gasteiger partial charge in [0.25, 0.3) is 0 Å². The number of aryl methyl sites for hydroxylation is 2. The molecule has 0 heterocycles. The van der Waals surface area contributed by atoms with Crippen molar-refractivity contribution < 1.29 is 9.59 Å². The molecule has 28 heavy (non-hydrogen) atoms. The molecule has 2 aromatic rings. The van der Waals surface area contributed by atoms with Crippen molar-refractivity contribution in [2.24, 2.45) is 0 Å². The van der Waals surface area contributed by atoms with E-state index < -0.39 is 6.04 Å². The molecule has 150 valence electrons. The Bertz CT molecular complexity index is 836. The highest BCUT2D eigenvalue weighted by molar-refractivity contribution is 5.88. The minimum absolute atomic E-state index is 0.0471. The topological polar surface area (TPSA) is 49.4 Å². The molecule has 0 fully saturated rings. The summed E-state index contributed by atoms with van der Waals surface area (Å²) in [5.74, 6) is -0.187. The summed E-state index contributed by atoms with van der Waals surface area (Å²) in [6.07, 6.45) is 0.283. The van der Waals surface area contributed by atoms with Crippen LogP contribution in [0.2, 0.25) is 0 Å². The molecule has 0 unspecified atom stereocenters. The van der Waals surface area contributed by atoms with Gasteiger partial charge in [-0.15, -0.1) is 0 Å². The molecular formula is C24H32N2O2. The number of benzene rings is 2. The Morgan fingerprint density at radius 2 is 1.43 bits per heavy atom. The van der Waals surface area contributed by atoms with Crippen LogP contribution in [0.4, 0.5) is 0 Å². The van der Waals surface area contributed by atoms with Crippen molar-refractivity contribution in [2.75, 3.05) is 0 Å². The van der Waals surface area contributed by atoms with Gasteiger partial charge in [0.15, 0.2) is 0 Å². The Kier molecular flexibility index (Phi) is 7.00. The zero-order valence-corrected chi connectivity index (χ0v) is 17.9. The normalized spacial score (nSPS) is 12.4. The first-order valence-corrected chi connectivity index (χ1v) is 9.79. The number of rotatable bonds is 6. The predicted octanol–water partition coefficient (Wildman–Crippen LogP) is 4.18. The highest BCUT2D eigenvalue weighted by Crippen LogP contribution is 2.17. The highest BCUT2D eigenvalue weighted by atomic mass is 16.2. The second kappa shape index (κ2) is 9.05. The number of hydrogen-bond acceptors (Lipinski definition) is 2. The minimum atomic E-state index is -0.560. The van der Waals surface area contributed by atoms with Gasteiger partial charge in [-0.1, -0.05) is 48.5 Å². The lowest BCUT2D eigenvalue weighted by molar-refractivity contribution is -0.140. The van der Waals surface area contributed by atoms with Crippen molar-refractivity contribution in [1.82, 2.24) is 10.2 Å². The van der Waals surface area contributed by atoms with Crippen molar-refractivity contribution in [3.05, 3.63) is 70.8 Å². The number of amides is 2. The van der Waals surface area contributed by atoms with E-state index in [1.807, 2.05) is 83.1 Å². The standard InChI is InChI=1S/C24H32N2O2/c1-17-11-7-9-13-20(17)15-22(27)26(16-21-14-10-8-12-18(21)2)19(3)23(28)25-24(4,5)6/h7-14,19H,15-16H2,1-6H3,(H,25,28)/t19-/m1/s1. The van der Waals surface area contributed by atoms with Crippen LogP contribution >= 0.6 is 0 Å². The maximum absolute atomic E-state index is 13.2. The number of carbonyl (C=O) groups is 2. The Balaban J connectivity index is 2.29. The Morgan fingerprint density at radius 3 is 1.93 bits per heavy atom. The fraction of sp³-hybridized carbons (Fsp3) is 0.417. The summed E-state index contributed by atoms with van der Waals surface area (Å²) in [4.78, 5) is 27.7. The van der Waals surface area contributed by atoms with Crippen molar-refractivity contribution in [3.63, 3.8) is 0 Å². The summed E-state index contributed by atoms with van der Waals surface area (Å²) in [5.41, 5.74) is 3.89. The molecule has 0 aliphatic rings. The average Bonchev–Trinajstić information content (AvgIpc) is 2.61. The van der Waals surface area contributed by atoms with E-state index in [2.05, 4.69) is 5.32 Å². The van der Waals surface area contributed by atoms with Crippen LogP contribution in [-0.4, -0.2) is 28.3 Å². The zero-order chi connectivity index (χ0) is 20.9. The van der Waals surface area contributed by atoms with Gasteiger partial charge in [0.2, 0.25) is 11.8 Å². The van der Waals surface area contributed by atoms with E-state index in [1.54, 1.807) is 11.8 Å². The minimum Gasteiger partial charge on any atom is -0.350 e. The largest absolute Gasteiger partial charge is 0.350 e. The van der Waals surface area contributed by atoms with Crippen LogP contribution in [0.3, 0.4) is 0 Å².